The molecule has 7 heteroatoms. The van der Waals surface area contributed by atoms with Gasteiger partial charge in [-0.15, -0.1) is 0 Å². The van der Waals surface area contributed by atoms with Crippen molar-refractivity contribution in [3.05, 3.63) is 29.3 Å². The summed E-state index contributed by atoms with van der Waals surface area (Å²) in [6, 6.07) is 5.08. The van der Waals surface area contributed by atoms with Crippen molar-refractivity contribution in [2.75, 3.05) is 13.7 Å². The van der Waals surface area contributed by atoms with Crippen molar-refractivity contribution >= 4 is 17.8 Å². The molecular formula is C19H24N2O5. The molecule has 0 unspecified atom stereocenters. The van der Waals surface area contributed by atoms with Crippen LogP contribution < -0.4 is 10.1 Å². The van der Waals surface area contributed by atoms with Crippen LogP contribution in [-0.2, 0) is 16.1 Å². The van der Waals surface area contributed by atoms with Gasteiger partial charge in [0.2, 0.25) is 11.8 Å². The van der Waals surface area contributed by atoms with Crippen LogP contribution in [0.4, 0.5) is 0 Å². The molecule has 2 N–H and O–H groups in total. The first kappa shape index (κ1) is 18.2. The number of carbonyl (C=O) groups excluding carboxylic acids is 2. The summed E-state index contributed by atoms with van der Waals surface area (Å²) in [6.45, 7) is 0.704. The molecule has 1 atom stereocenters. The van der Waals surface area contributed by atoms with Gasteiger partial charge in [-0.05, 0) is 30.5 Å². The van der Waals surface area contributed by atoms with Gasteiger partial charge >= 0.3 is 5.97 Å². The molecule has 0 spiro atoms. The maximum absolute atomic E-state index is 12.4. The molecule has 1 saturated heterocycles. The molecule has 3 rings (SSSR count). The summed E-state index contributed by atoms with van der Waals surface area (Å²) >= 11 is 0. The highest BCUT2D eigenvalue weighted by Crippen LogP contribution is 2.29. The van der Waals surface area contributed by atoms with Crippen LogP contribution >= 0.6 is 0 Å². The van der Waals surface area contributed by atoms with E-state index in [9.17, 15) is 19.5 Å². The van der Waals surface area contributed by atoms with E-state index in [0.717, 1.165) is 25.7 Å². The molecule has 1 heterocycles. The van der Waals surface area contributed by atoms with Crippen LogP contribution in [0.3, 0.4) is 0 Å². The molecule has 26 heavy (non-hydrogen) atoms. The molecule has 2 amide bonds. The minimum absolute atomic E-state index is 0.0581. The third kappa shape index (κ3) is 3.81. The lowest BCUT2D eigenvalue weighted by atomic mass is 10.1. The maximum atomic E-state index is 12.4. The smallest absolute Gasteiger partial charge is 0.339 e. The van der Waals surface area contributed by atoms with Gasteiger partial charge in [0.15, 0.2) is 0 Å². The van der Waals surface area contributed by atoms with Crippen LogP contribution in [0.1, 0.15) is 48.0 Å². The molecule has 1 aromatic rings. The zero-order chi connectivity index (χ0) is 18.7. The van der Waals surface area contributed by atoms with E-state index in [1.165, 1.54) is 13.2 Å². The van der Waals surface area contributed by atoms with Crippen LogP contribution in [0.2, 0.25) is 0 Å². The van der Waals surface area contributed by atoms with Crippen molar-refractivity contribution in [3.8, 4) is 5.75 Å². The number of hydrogen-bond donors (Lipinski definition) is 2. The number of carbonyl (C=O) groups is 3. The zero-order valence-electron chi connectivity index (χ0n) is 14.9. The Morgan fingerprint density at radius 1 is 1.31 bits per heavy atom. The highest BCUT2D eigenvalue weighted by molar-refractivity contribution is 5.91. The van der Waals surface area contributed by atoms with Crippen LogP contribution in [-0.4, -0.2) is 47.5 Å². The third-order valence-corrected chi connectivity index (χ3v) is 5.26. The number of amides is 2. The van der Waals surface area contributed by atoms with E-state index in [0.29, 0.717) is 18.2 Å². The third-order valence-electron chi connectivity index (χ3n) is 5.26. The van der Waals surface area contributed by atoms with Crippen molar-refractivity contribution < 1.29 is 24.2 Å². The SMILES string of the molecule is COc1ccc(CNC(=O)[C@H]2CC(=O)N(C3CCCC3)C2)cc1C(=O)O. The molecule has 140 valence electrons. The van der Waals surface area contributed by atoms with E-state index in [4.69, 9.17) is 4.74 Å². The number of benzene rings is 1. The van der Waals surface area contributed by atoms with Crippen LogP contribution in [0.15, 0.2) is 18.2 Å². The molecule has 2 fully saturated rings. The summed E-state index contributed by atoms with van der Waals surface area (Å²) < 4.78 is 5.03. The average molecular weight is 360 g/mol. The van der Waals surface area contributed by atoms with Crippen molar-refractivity contribution in [1.29, 1.82) is 0 Å². The second-order valence-electron chi connectivity index (χ2n) is 6.94. The van der Waals surface area contributed by atoms with Gasteiger partial charge in [-0.25, -0.2) is 4.79 Å². The number of carboxylic acids is 1. The molecule has 1 saturated carbocycles. The van der Waals surface area contributed by atoms with Crippen molar-refractivity contribution in [3.63, 3.8) is 0 Å². The first-order chi connectivity index (χ1) is 12.5. The number of nitrogens with one attached hydrogen (secondary N) is 1. The van der Waals surface area contributed by atoms with Gasteiger partial charge in [0.25, 0.3) is 0 Å². The number of rotatable bonds is 6. The largest absolute Gasteiger partial charge is 0.496 e. The predicted octanol–water partition coefficient (Wildman–Crippen LogP) is 1.80. The number of ether oxygens (including phenoxy) is 1. The lowest BCUT2D eigenvalue weighted by molar-refractivity contribution is -0.130. The summed E-state index contributed by atoms with van der Waals surface area (Å²) in [4.78, 5) is 37.8. The van der Waals surface area contributed by atoms with Crippen LogP contribution in [0.5, 0.6) is 5.75 Å². The Balaban J connectivity index is 1.58. The second-order valence-corrected chi connectivity index (χ2v) is 6.94. The topological polar surface area (TPSA) is 95.9 Å². The fourth-order valence-corrected chi connectivity index (χ4v) is 3.84. The summed E-state index contributed by atoms with van der Waals surface area (Å²) in [6.07, 6.45) is 4.61. The van der Waals surface area contributed by atoms with Gasteiger partial charge in [-0.2, -0.15) is 0 Å². The Bertz CT molecular complexity index is 712. The second kappa shape index (κ2) is 7.76. The number of nitrogens with zero attached hydrogens (tertiary/aromatic N) is 1. The Hall–Kier alpha value is -2.57. The van der Waals surface area contributed by atoms with Gasteiger partial charge in [0.05, 0.1) is 13.0 Å². The van der Waals surface area contributed by atoms with E-state index in [2.05, 4.69) is 5.32 Å². The van der Waals surface area contributed by atoms with Crippen LogP contribution in [0.25, 0.3) is 0 Å². The Kier molecular flexibility index (Phi) is 5.44. The minimum Gasteiger partial charge on any atom is -0.496 e. The normalized spacial score (nSPS) is 20.4. The van der Waals surface area contributed by atoms with E-state index in [1.807, 2.05) is 4.90 Å². The maximum Gasteiger partial charge on any atom is 0.339 e. The minimum atomic E-state index is -1.08. The summed E-state index contributed by atoms with van der Waals surface area (Å²) in [5, 5.41) is 12.0. The summed E-state index contributed by atoms with van der Waals surface area (Å²) in [5.41, 5.74) is 0.733. The Morgan fingerprint density at radius 3 is 2.69 bits per heavy atom. The molecular weight excluding hydrogens is 336 g/mol. The van der Waals surface area contributed by atoms with Gasteiger partial charge in [0, 0.05) is 25.6 Å². The van der Waals surface area contributed by atoms with E-state index >= 15 is 0 Å². The molecule has 0 radical (unpaired) electrons. The number of hydrogen-bond acceptors (Lipinski definition) is 4. The van der Waals surface area contributed by atoms with Gasteiger partial charge in [0.1, 0.15) is 11.3 Å². The monoisotopic (exact) mass is 360 g/mol. The average Bonchev–Trinajstić information content (AvgIpc) is 3.28. The molecule has 1 aromatic carbocycles. The first-order valence-electron chi connectivity index (χ1n) is 8.97. The number of likely N-dealkylation sites (tertiary alicyclic amines) is 1. The summed E-state index contributed by atoms with van der Waals surface area (Å²) in [7, 11) is 1.41. The molecule has 7 nitrogen and oxygen atoms in total. The molecule has 1 aliphatic carbocycles. The molecule has 0 aromatic heterocycles. The Labute approximate surface area is 152 Å². The molecule has 0 bridgehead atoms. The van der Waals surface area contributed by atoms with Crippen molar-refractivity contribution in [2.45, 2.75) is 44.7 Å². The van der Waals surface area contributed by atoms with Crippen LogP contribution in [0, 0.1) is 5.92 Å². The number of methoxy groups -OCH3 is 1. The highest BCUT2D eigenvalue weighted by Gasteiger charge is 2.38. The number of carboxylic acid groups (broad SMARTS) is 1. The van der Waals surface area contributed by atoms with E-state index in [1.54, 1.807) is 12.1 Å². The van der Waals surface area contributed by atoms with Gasteiger partial charge in [-0.3, -0.25) is 9.59 Å². The lowest BCUT2D eigenvalue weighted by Gasteiger charge is -2.23. The van der Waals surface area contributed by atoms with Gasteiger partial charge < -0.3 is 20.1 Å². The molecule has 2 aliphatic rings. The van der Waals surface area contributed by atoms with Crippen molar-refractivity contribution in [2.24, 2.45) is 5.92 Å². The first-order valence-corrected chi connectivity index (χ1v) is 8.97. The van der Waals surface area contributed by atoms with Crippen molar-refractivity contribution in [1.82, 2.24) is 10.2 Å². The highest BCUT2D eigenvalue weighted by atomic mass is 16.5. The standard InChI is InChI=1S/C19H24N2O5/c1-26-16-7-6-12(8-15(16)19(24)25)10-20-18(23)13-9-17(22)21(11-13)14-4-2-3-5-14/h6-8,13-14H,2-5,9-11H2,1H3,(H,20,23)(H,24,25)/t13-/m0/s1. The predicted molar refractivity (Wildman–Crippen MR) is 93.9 cm³/mol. The zero-order valence-corrected chi connectivity index (χ0v) is 14.9. The Morgan fingerprint density at radius 2 is 2.04 bits per heavy atom. The van der Waals surface area contributed by atoms with E-state index < -0.39 is 5.97 Å². The molecule has 1 aliphatic heterocycles. The fourth-order valence-electron chi connectivity index (χ4n) is 3.84. The fraction of sp³-hybridized carbons (Fsp3) is 0.526. The van der Waals surface area contributed by atoms with E-state index in [-0.39, 0.29) is 42.0 Å². The lowest BCUT2D eigenvalue weighted by Crippen LogP contribution is -2.36. The quantitative estimate of drug-likeness (QED) is 0.806. The van der Waals surface area contributed by atoms with Gasteiger partial charge in [-0.1, -0.05) is 18.9 Å². The summed E-state index contributed by atoms with van der Waals surface area (Å²) in [5.74, 6) is -1.23. The number of aromatic carboxylic acids is 1.